The van der Waals surface area contributed by atoms with Crippen LogP contribution in [0.25, 0.3) is 10.9 Å². The summed E-state index contributed by atoms with van der Waals surface area (Å²) in [6.45, 7) is 15.6. The lowest BCUT2D eigenvalue weighted by Crippen LogP contribution is -2.46. The molecule has 222 valence electrons. The molecule has 1 fully saturated rings. The summed E-state index contributed by atoms with van der Waals surface area (Å²) in [5, 5.41) is 14.9. The maximum Gasteiger partial charge on any atom is 0.253 e. The molecule has 0 spiro atoms. The minimum Gasteiger partial charge on any atom is -0.507 e. The van der Waals surface area contributed by atoms with Crippen LogP contribution in [0.1, 0.15) is 70.6 Å². The van der Waals surface area contributed by atoms with E-state index in [-0.39, 0.29) is 17.7 Å². The highest BCUT2D eigenvalue weighted by molar-refractivity contribution is 9.10. The summed E-state index contributed by atoms with van der Waals surface area (Å²) in [4.78, 5) is 17.9. The van der Waals surface area contributed by atoms with Gasteiger partial charge < -0.3 is 19.9 Å². The second kappa shape index (κ2) is 12.9. The number of hydrogen-bond donors (Lipinski definition) is 2. The zero-order valence-corrected chi connectivity index (χ0v) is 28.0. The number of rotatable bonds is 8. The summed E-state index contributed by atoms with van der Waals surface area (Å²) in [5.74, 6) is 0.720. The van der Waals surface area contributed by atoms with Gasteiger partial charge in [0.25, 0.3) is 5.91 Å². The molecule has 0 bridgehead atoms. The van der Waals surface area contributed by atoms with E-state index >= 15 is 0 Å². The van der Waals surface area contributed by atoms with Crippen LogP contribution < -0.4 is 5.32 Å². The molecule has 2 N–H and O–H groups in total. The summed E-state index contributed by atoms with van der Waals surface area (Å²) in [6, 6.07) is 17.4. The molecular weight excluding hydrogens is 606 g/mol. The number of benzene rings is 3. The van der Waals surface area contributed by atoms with Crippen molar-refractivity contribution in [2.24, 2.45) is 0 Å². The van der Waals surface area contributed by atoms with Crippen LogP contribution >= 0.6 is 27.7 Å². The molecule has 42 heavy (non-hydrogen) atoms. The molecule has 3 aromatic carbocycles. The molecule has 1 aromatic heterocycles. The number of piperidine rings is 1. The van der Waals surface area contributed by atoms with Crippen LogP contribution in [0.2, 0.25) is 0 Å². The van der Waals surface area contributed by atoms with E-state index in [4.69, 9.17) is 0 Å². The smallest absolute Gasteiger partial charge is 0.253 e. The molecule has 1 aliphatic heterocycles. The fourth-order valence-electron chi connectivity index (χ4n) is 6.22. The molecule has 1 amide bonds. The normalized spacial score (nSPS) is 14.7. The number of phenolic OH excluding ortho intramolecular Hbond substituents is 1. The maximum absolute atomic E-state index is 14.2. The molecule has 4 aromatic rings. The maximum atomic E-state index is 14.2. The number of likely N-dealkylation sites (tertiary alicyclic amines) is 1. The van der Waals surface area contributed by atoms with Crippen molar-refractivity contribution in [2.75, 3.05) is 13.1 Å². The Morgan fingerprint density at radius 2 is 1.64 bits per heavy atom. The van der Waals surface area contributed by atoms with Crippen molar-refractivity contribution >= 4 is 44.5 Å². The van der Waals surface area contributed by atoms with E-state index in [1.807, 2.05) is 6.07 Å². The van der Waals surface area contributed by atoms with Gasteiger partial charge in [-0.2, -0.15) is 0 Å². The van der Waals surface area contributed by atoms with Crippen LogP contribution in [-0.2, 0) is 12.3 Å². The minimum absolute atomic E-state index is 0.0553. The average Bonchev–Trinajstić information content (AvgIpc) is 3.21. The number of carbonyl (C=O) groups excluding carboxylic acids is 1. The number of aryl methyl sites for hydroxylation is 4. The topological polar surface area (TPSA) is 57.5 Å². The number of amides is 1. The van der Waals surface area contributed by atoms with Crippen LogP contribution in [0.4, 0.5) is 0 Å². The second-order valence-electron chi connectivity index (χ2n) is 12.1. The molecule has 5 nitrogen and oxygen atoms in total. The second-order valence-corrected chi connectivity index (χ2v) is 13.9. The van der Waals surface area contributed by atoms with Crippen molar-refractivity contribution in [3.8, 4) is 5.75 Å². The van der Waals surface area contributed by atoms with Gasteiger partial charge in [-0.3, -0.25) is 4.79 Å². The highest BCUT2D eigenvalue weighted by atomic mass is 79.9. The van der Waals surface area contributed by atoms with E-state index in [0.717, 1.165) is 42.5 Å². The van der Waals surface area contributed by atoms with Gasteiger partial charge in [0.05, 0.1) is 15.6 Å². The molecule has 0 radical (unpaired) electrons. The Hall–Kier alpha value is -2.74. The van der Waals surface area contributed by atoms with Crippen molar-refractivity contribution in [1.82, 2.24) is 14.8 Å². The molecule has 1 aliphatic rings. The molecule has 0 saturated carbocycles. The summed E-state index contributed by atoms with van der Waals surface area (Å²) >= 11 is 5.33. The van der Waals surface area contributed by atoms with E-state index in [0.29, 0.717) is 28.4 Å². The van der Waals surface area contributed by atoms with Gasteiger partial charge in [-0.05, 0) is 99.1 Å². The summed E-state index contributed by atoms with van der Waals surface area (Å²) < 4.78 is 2.89. The molecule has 7 heteroatoms. The quantitative estimate of drug-likeness (QED) is 0.189. The lowest BCUT2D eigenvalue weighted by Gasteiger charge is -2.34. The molecular formula is C35H42BrN3O2S. The van der Waals surface area contributed by atoms with Gasteiger partial charge in [-0.1, -0.05) is 47.5 Å². The molecule has 1 saturated heterocycles. The van der Waals surface area contributed by atoms with E-state index in [2.05, 4.69) is 109 Å². The van der Waals surface area contributed by atoms with Crippen LogP contribution in [0, 0.1) is 27.7 Å². The summed E-state index contributed by atoms with van der Waals surface area (Å²) in [7, 11) is 0. The first-order valence-corrected chi connectivity index (χ1v) is 16.6. The molecule has 2 heterocycles. The van der Waals surface area contributed by atoms with Crippen molar-refractivity contribution in [1.29, 1.82) is 0 Å². The molecule has 5 rings (SSSR count). The number of phenols is 1. The number of hydrogen-bond acceptors (Lipinski definition) is 4. The third kappa shape index (κ3) is 6.58. The van der Waals surface area contributed by atoms with E-state index in [1.54, 1.807) is 17.8 Å². The van der Waals surface area contributed by atoms with Crippen molar-refractivity contribution < 1.29 is 9.90 Å². The van der Waals surface area contributed by atoms with Gasteiger partial charge in [-0.15, -0.1) is 11.8 Å². The predicted molar refractivity (Wildman–Crippen MR) is 179 cm³/mol. The first-order chi connectivity index (χ1) is 20.0. The van der Waals surface area contributed by atoms with E-state index in [1.165, 1.54) is 32.7 Å². The molecule has 0 atom stereocenters. The number of aromatic hydroxyl groups is 1. The number of halogens is 1. The summed E-state index contributed by atoms with van der Waals surface area (Å²) in [5.41, 5.74) is 8.73. The zero-order valence-electron chi connectivity index (χ0n) is 25.6. The Balaban J connectivity index is 1.59. The monoisotopic (exact) mass is 647 g/mol. The first kappa shape index (κ1) is 30.7. The zero-order chi connectivity index (χ0) is 30.1. The van der Waals surface area contributed by atoms with Crippen molar-refractivity contribution in [2.45, 2.75) is 83.7 Å². The lowest BCUT2D eigenvalue weighted by atomic mass is 10.0. The first-order valence-electron chi connectivity index (χ1n) is 14.9. The van der Waals surface area contributed by atoms with Gasteiger partial charge in [0.1, 0.15) is 5.75 Å². The fourth-order valence-corrected chi connectivity index (χ4v) is 7.71. The Morgan fingerprint density at radius 3 is 2.26 bits per heavy atom. The minimum atomic E-state index is -0.0553. The Bertz CT molecular complexity index is 1580. The van der Waals surface area contributed by atoms with Gasteiger partial charge in [0, 0.05) is 53.4 Å². The van der Waals surface area contributed by atoms with Crippen molar-refractivity contribution in [3.63, 3.8) is 0 Å². The van der Waals surface area contributed by atoms with Crippen LogP contribution in [0.3, 0.4) is 0 Å². The standard InChI is InChI=1S/C35H42BrN3O2S/c1-21(2)38-13-11-27(12-14-38)37-35(41)33-28-17-32(40)29(36)18-30(28)39(19-26-9-7-22(3)8-10-26)31(33)20-42-34-24(5)15-23(4)16-25(34)6/h7-10,15-18,21,27,40H,11-14,19-20H2,1-6H3,(H,37,41). The lowest BCUT2D eigenvalue weighted by molar-refractivity contribution is 0.0901. The third-order valence-corrected chi connectivity index (χ3v) is 10.5. The summed E-state index contributed by atoms with van der Waals surface area (Å²) in [6.07, 6.45) is 1.88. The number of nitrogens with one attached hydrogen (secondary N) is 1. The Morgan fingerprint density at radius 1 is 1.00 bits per heavy atom. The van der Waals surface area contributed by atoms with Crippen LogP contribution in [-0.4, -0.2) is 45.7 Å². The van der Waals surface area contributed by atoms with Gasteiger partial charge in [-0.25, -0.2) is 0 Å². The number of nitrogens with zero attached hydrogens (tertiary/aromatic N) is 2. The average molecular weight is 649 g/mol. The number of thioether (sulfide) groups is 1. The van der Waals surface area contributed by atoms with E-state index in [9.17, 15) is 9.90 Å². The van der Waals surface area contributed by atoms with Gasteiger partial charge >= 0.3 is 0 Å². The largest absolute Gasteiger partial charge is 0.507 e. The number of aromatic nitrogens is 1. The van der Waals surface area contributed by atoms with Crippen molar-refractivity contribution in [3.05, 3.63) is 92.1 Å². The number of carbonyl (C=O) groups is 1. The molecule has 0 aliphatic carbocycles. The SMILES string of the molecule is Cc1ccc(Cn2c(CSc3c(C)cc(C)cc3C)c(C(=O)NC3CCN(C(C)C)CC3)c3cc(O)c(Br)cc32)cc1. The van der Waals surface area contributed by atoms with Crippen LogP contribution in [0.5, 0.6) is 5.75 Å². The predicted octanol–water partition coefficient (Wildman–Crippen LogP) is 8.29. The highest BCUT2D eigenvalue weighted by Crippen LogP contribution is 2.39. The van der Waals surface area contributed by atoms with Gasteiger partial charge in [0.2, 0.25) is 0 Å². The Labute approximate surface area is 262 Å². The number of fused-ring (bicyclic) bond motifs is 1. The molecule has 0 unspecified atom stereocenters. The van der Waals surface area contributed by atoms with E-state index < -0.39 is 0 Å². The fraction of sp³-hybridized carbons (Fsp3) is 0.400. The van der Waals surface area contributed by atoms with Crippen LogP contribution in [0.15, 0.2) is 57.9 Å². The third-order valence-electron chi connectivity index (χ3n) is 8.48. The Kier molecular flexibility index (Phi) is 9.41. The van der Waals surface area contributed by atoms with Gasteiger partial charge in [0.15, 0.2) is 0 Å². The highest BCUT2D eigenvalue weighted by Gasteiger charge is 2.28.